The van der Waals surface area contributed by atoms with Crippen molar-refractivity contribution in [2.45, 2.75) is 16.7 Å². The van der Waals surface area contributed by atoms with Gasteiger partial charge in [-0.05, 0) is 43.3 Å². The highest BCUT2D eigenvalue weighted by atomic mass is 32.2. The van der Waals surface area contributed by atoms with Crippen molar-refractivity contribution in [2.75, 3.05) is 9.44 Å². The highest BCUT2D eigenvalue weighted by molar-refractivity contribution is 7.93. The SMILES string of the molecule is Cc1nnc(NS(=O)(=O)c2ccc(NS(=O)(=O)c3c(F)cccc3F)cc2)s1. The third kappa shape index (κ3) is 4.26. The smallest absolute Gasteiger partial charge is 0.267 e. The average molecular weight is 446 g/mol. The maximum atomic E-state index is 13.7. The second-order valence-corrected chi connectivity index (χ2v) is 9.90. The van der Waals surface area contributed by atoms with Crippen LogP contribution in [0.4, 0.5) is 19.6 Å². The molecule has 2 N–H and O–H groups in total. The summed E-state index contributed by atoms with van der Waals surface area (Å²) >= 11 is 1.05. The summed E-state index contributed by atoms with van der Waals surface area (Å²) in [5.74, 6) is -2.49. The van der Waals surface area contributed by atoms with Crippen LogP contribution in [0.25, 0.3) is 0 Å². The highest BCUT2D eigenvalue weighted by Gasteiger charge is 2.24. The number of nitrogens with zero attached hydrogens (tertiary/aromatic N) is 2. The van der Waals surface area contributed by atoms with Gasteiger partial charge in [-0.3, -0.25) is 9.44 Å². The van der Waals surface area contributed by atoms with E-state index >= 15 is 0 Å². The van der Waals surface area contributed by atoms with E-state index in [0.717, 1.165) is 53.8 Å². The van der Waals surface area contributed by atoms with Gasteiger partial charge in [-0.1, -0.05) is 17.4 Å². The van der Waals surface area contributed by atoms with Gasteiger partial charge in [0.2, 0.25) is 5.13 Å². The predicted molar refractivity (Wildman–Crippen MR) is 99.1 cm³/mol. The molecule has 0 radical (unpaired) electrons. The maximum Gasteiger partial charge on any atom is 0.267 e. The second kappa shape index (κ2) is 7.41. The lowest BCUT2D eigenvalue weighted by molar-refractivity contribution is 0.521. The quantitative estimate of drug-likeness (QED) is 0.601. The molecule has 0 saturated carbocycles. The fourth-order valence-corrected chi connectivity index (χ4v) is 5.18. The van der Waals surface area contributed by atoms with Crippen LogP contribution in [0, 0.1) is 18.6 Å². The monoisotopic (exact) mass is 446 g/mol. The first-order chi connectivity index (χ1) is 13.1. The molecule has 0 unspecified atom stereocenters. The summed E-state index contributed by atoms with van der Waals surface area (Å²) in [6.07, 6.45) is 0. The lowest BCUT2D eigenvalue weighted by Crippen LogP contribution is -2.17. The zero-order valence-corrected chi connectivity index (χ0v) is 16.5. The number of hydrogen-bond donors (Lipinski definition) is 2. The van der Waals surface area contributed by atoms with Gasteiger partial charge in [-0.25, -0.2) is 25.6 Å². The first-order valence-corrected chi connectivity index (χ1v) is 11.3. The van der Waals surface area contributed by atoms with Crippen LogP contribution in [-0.4, -0.2) is 27.0 Å². The number of anilines is 2. The van der Waals surface area contributed by atoms with Crippen LogP contribution in [0.2, 0.25) is 0 Å². The number of aromatic nitrogens is 2. The van der Waals surface area contributed by atoms with E-state index in [2.05, 4.69) is 14.9 Å². The Morgan fingerprint density at radius 2 is 1.46 bits per heavy atom. The van der Waals surface area contributed by atoms with E-state index in [0.29, 0.717) is 5.01 Å². The maximum absolute atomic E-state index is 13.7. The summed E-state index contributed by atoms with van der Waals surface area (Å²) in [5.41, 5.74) is -0.0756. The van der Waals surface area contributed by atoms with Crippen molar-refractivity contribution >= 4 is 42.2 Å². The minimum atomic E-state index is -4.55. The Kier molecular flexibility index (Phi) is 5.32. The number of benzene rings is 2. The Hall–Kier alpha value is -2.64. The molecular weight excluding hydrogens is 434 g/mol. The number of rotatable bonds is 6. The normalized spacial score (nSPS) is 12.0. The number of hydrogen-bond acceptors (Lipinski definition) is 7. The Morgan fingerprint density at radius 1 is 0.857 bits per heavy atom. The van der Waals surface area contributed by atoms with Gasteiger partial charge < -0.3 is 0 Å². The largest absolute Gasteiger partial charge is 0.279 e. The summed E-state index contributed by atoms with van der Waals surface area (Å²) < 4.78 is 80.8. The van der Waals surface area contributed by atoms with Crippen LogP contribution in [0.15, 0.2) is 52.3 Å². The van der Waals surface area contributed by atoms with Gasteiger partial charge in [0.05, 0.1) is 4.90 Å². The predicted octanol–water partition coefficient (Wildman–Crippen LogP) is 2.73. The minimum absolute atomic E-state index is 0.0756. The fourth-order valence-electron chi connectivity index (χ4n) is 2.16. The molecule has 0 aliphatic rings. The molecule has 148 valence electrons. The van der Waals surface area contributed by atoms with Gasteiger partial charge in [-0.15, -0.1) is 10.2 Å². The van der Waals surface area contributed by atoms with E-state index < -0.39 is 36.6 Å². The highest BCUT2D eigenvalue weighted by Crippen LogP contribution is 2.24. The molecule has 0 bridgehead atoms. The van der Waals surface area contributed by atoms with Crippen molar-refractivity contribution in [3.8, 4) is 0 Å². The minimum Gasteiger partial charge on any atom is -0.279 e. The van der Waals surface area contributed by atoms with E-state index in [1.54, 1.807) is 6.92 Å². The molecule has 13 heteroatoms. The van der Waals surface area contributed by atoms with Crippen LogP contribution in [0.5, 0.6) is 0 Å². The Labute approximate surface area is 163 Å². The second-order valence-electron chi connectivity index (χ2n) is 5.41. The van der Waals surface area contributed by atoms with Crippen molar-refractivity contribution in [3.05, 3.63) is 59.1 Å². The zero-order valence-electron chi connectivity index (χ0n) is 14.0. The van der Waals surface area contributed by atoms with Crippen LogP contribution < -0.4 is 9.44 Å². The molecule has 8 nitrogen and oxygen atoms in total. The summed E-state index contributed by atoms with van der Waals surface area (Å²) in [4.78, 5) is -1.29. The van der Waals surface area contributed by atoms with E-state index in [1.807, 2.05) is 4.72 Å². The Bertz CT molecular complexity index is 1210. The molecule has 0 atom stereocenters. The molecule has 0 spiro atoms. The molecule has 2 aromatic carbocycles. The first-order valence-electron chi connectivity index (χ1n) is 7.48. The summed E-state index contributed by atoms with van der Waals surface area (Å²) in [6, 6.07) is 7.22. The third-order valence-corrected chi connectivity index (χ3v) is 7.02. The van der Waals surface area contributed by atoms with Crippen LogP contribution >= 0.6 is 11.3 Å². The van der Waals surface area contributed by atoms with Gasteiger partial charge in [0, 0.05) is 5.69 Å². The lowest BCUT2D eigenvalue weighted by Gasteiger charge is -2.10. The molecule has 0 aliphatic carbocycles. The van der Waals surface area contributed by atoms with Crippen LogP contribution in [0.1, 0.15) is 5.01 Å². The van der Waals surface area contributed by atoms with Gasteiger partial charge in [-0.2, -0.15) is 0 Å². The van der Waals surface area contributed by atoms with Gasteiger partial charge in [0.15, 0.2) is 4.90 Å². The standard InChI is InChI=1S/C15H12F2N4O4S3/c1-9-18-19-15(26-9)21-27(22,23)11-7-5-10(6-8-11)20-28(24,25)14-12(16)3-2-4-13(14)17/h2-8,20H,1H3,(H,19,21). The zero-order chi connectivity index (χ0) is 20.5. The van der Waals surface area contributed by atoms with Crippen LogP contribution in [-0.2, 0) is 20.0 Å². The lowest BCUT2D eigenvalue weighted by atomic mass is 10.3. The fraction of sp³-hybridized carbons (Fsp3) is 0.0667. The van der Waals surface area contributed by atoms with E-state index in [9.17, 15) is 25.6 Å². The molecular formula is C15H12F2N4O4S3. The Balaban J connectivity index is 1.83. The van der Waals surface area contributed by atoms with Crippen molar-refractivity contribution in [1.82, 2.24) is 10.2 Å². The molecule has 3 aromatic rings. The van der Waals surface area contributed by atoms with E-state index in [1.165, 1.54) is 0 Å². The van der Waals surface area contributed by atoms with Crippen molar-refractivity contribution in [3.63, 3.8) is 0 Å². The van der Waals surface area contributed by atoms with Gasteiger partial charge >= 0.3 is 0 Å². The molecule has 0 saturated heterocycles. The molecule has 1 heterocycles. The Morgan fingerprint density at radius 3 is 2.00 bits per heavy atom. The van der Waals surface area contributed by atoms with Crippen molar-refractivity contribution in [2.24, 2.45) is 0 Å². The summed E-state index contributed by atoms with van der Waals surface area (Å²) in [6.45, 7) is 1.66. The van der Waals surface area contributed by atoms with Crippen molar-refractivity contribution < 1.29 is 25.6 Å². The molecule has 1 aromatic heterocycles. The van der Waals surface area contributed by atoms with Crippen molar-refractivity contribution in [1.29, 1.82) is 0 Å². The molecule has 0 fully saturated rings. The number of nitrogens with one attached hydrogen (secondary N) is 2. The van der Waals surface area contributed by atoms with Gasteiger partial charge in [0.25, 0.3) is 20.0 Å². The van der Waals surface area contributed by atoms with E-state index in [-0.39, 0.29) is 15.7 Å². The number of aryl methyl sites for hydroxylation is 1. The topological polar surface area (TPSA) is 118 Å². The number of halogens is 2. The molecule has 0 amide bonds. The van der Waals surface area contributed by atoms with Gasteiger partial charge in [0.1, 0.15) is 16.6 Å². The third-order valence-electron chi connectivity index (χ3n) is 3.35. The van der Waals surface area contributed by atoms with E-state index in [4.69, 9.17) is 0 Å². The number of sulfonamides is 2. The average Bonchev–Trinajstić information content (AvgIpc) is 2.98. The molecule has 0 aliphatic heterocycles. The summed E-state index contributed by atoms with van der Waals surface area (Å²) in [7, 11) is -8.52. The molecule has 3 rings (SSSR count). The first kappa shape index (κ1) is 20.1. The summed E-state index contributed by atoms with van der Waals surface area (Å²) in [5, 5.41) is 8.01. The molecule has 28 heavy (non-hydrogen) atoms. The van der Waals surface area contributed by atoms with Crippen LogP contribution in [0.3, 0.4) is 0 Å².